The number of halogens is 3. The fourth-order valence-corrected chi connectivity index (χ4v) is 3.52. The van der Waals surface area contributed by atoms with Crippen LogP contribution in [0.15, 0.2) is 18.6 Å². The predicted octanol–water partition coefficient (Wildman–Crippen LogP) is 3.41. The van der Waals surface area contributed by atoms with E-state index < -0.39 is 12.7 Å². The topological polar surface area (TPSA) is 52.0 Å². The van der Waals surface area contributed by atoms with Crippen molar-refractivity contribution in [1.29, 1.82) is 0 Å². The number of nitrogens with one attached hydrogen (secondary N) is 1. The Kier molecular flexibility index (Phi) is 4.86. The molecule has 0 bridgehead atoms. The van der Waals surface area contributed by atoms with Crippen molar-refractivity contribution < 1.29 is 17.9 Å². The largest absolute Gasteiger partial charge is 0.406 e. The van der Waals surface area contributed by atoms with Crippen LogP contribution in [0.1, 0.15) is 29.5 Å². The first kappa shape index (κ1) is 16.3. The second kappa shape index (κ2) is 6.88. The van der Waals surface area contributed by atoms with Gasteiger partial charge in [0.05, 0.1) is 6.54 Å². The zero-order chi connectivity index (χ0) is 16.3. The van der Waals surface area contributed by atoms with Gasteiger partial charge in [0, 0.05) is 36.7 Å². The van der Waals surface area contributed by atoms with Crippen molar-refractivity contribution >= 4 is 16.5 Å². The smallest absolute Gasteiger partial charge is 0.381 e. The van der Waals surface area contributed by atoms with E-state index in [-0.39, 0.29) is 6.54 Å². The minimum atomic E-state index is -4.26. The van der Waals surface area contributed by atoms with Gasteiger partial charge in [-0.1, -0.05) is 0 Å². The molecule has 0 spiro atoms. The van der Waals surface area contributed by atoms with E-state index in [1.165, 1.54) is 17.3 Å². The molecular formula is C14H17F3N4OS. The van der Waals surface area contributed by atoms with Crippen LogP contribution in [0.2, 0.25) is 0 Å². The van der Waals surface area contributed by atoms with Crippen molar-refractivity contribution in [2.45, 2.75) is 38.0 Å². The maximum Gasteiger partial charge on any atom is 0.406 e. The number of anilines is 1. The first-order chi connectivity index (χ1) is 11.0. The second-order valence-corrected chi connectivity index (χ2v) is 6.46. The van der Waals surface area contributed by atoms with Crippen molar-refractivity contribution in [3.05, 3.63) is 29.3 Å². The van der Waals surface area contributed by atoms with E-state index in [0.29, 0.717) is 16.9 Å². The number of imidazole rings is 1. The Morgan fingerprint density at radius 3 is 2.83 bits per heavy atom. The number of ether oxygens (including phenoxy) is 1. The van der Waals surface area contributed by atoms with Crippen LogP contribution in [-0.4, -0.2) is 33.9 Å². The van der Waals surface area contributed by atoms with Gasteiger partial charge in [-0.15, -0.1) is 11.3 Å². The van der Waals surface area contributed by atoms with E-state index in [0.717, 1.165) is 30.6 Å². The van der Waals surface area contributed by atoms with Gasteiger partial charge in [0.25, 0.3) is 0 Å². The number of nitrogens with zero attached hydrogens (tertiary/aromatic N) is 3. The molecule has 0 saturated carbocycles. The quantitative estimate of drug-likeness (QED) is 0.901. The van der Waals surface area contributed by atoms with Crippen molar-refractivity contribution in [3.63, 3.8) is 0 Å². The summed E-state index contributed by atoms with van der Waals surface area (Å²) < 4.78 is 43.9. The number of thiazole rings is 1. The van der Waals surface area contributed by atoms with Crippen LogP contribution in [0.3, 0.4) is 0 Å². The van der Waals surface area contributed by atoms with Gasteiger partial charge in [-0.05, 0) is 18.8 Å². The van der Waals surface area contributed by atoms with Crippen LogP contribution in [0.4, 0.5) is 18.3 Å². The Morgan fingerprint density at radius 2 is 2.09 bits per heavy atom. The lowest BCUT2D eigenvalue weighted by molar-refractivity contribution is -0.141. The molecule has 23 heavy (non-hydrogen) atoms. The van der Waals surface area contributed by atoms with Gasteiger partial charge < -0.3 is 14.6 Å². The number of aromatic nitrogens is 3. The lowest BCUT2D eigenvalue weighted by Crippen LogP contribution is -2.20. The molecule has 126 valence electrons. The Hall–Kier alpha value is -1.61. The van der Waals surface area contributed by atoms with Crippen molar-refractivity contribution in [2.24, 2.45) is 0 Å². The summed E-state index contributed by atoms with van der Waals surface area (Å²) in [5.74, 6) is 0.800. The van der Waals surface area contributed by atoms with E-state index in [9.17, 15) is 13.2 Å². The third-order valence-electron chi connectivity index (χ3n) is 3.70. The highest BCUT2D eigenvalue weighted by Crippen LogP contribution is 2.32. The molecule has 9 heteroatoms. The molecule has 1 N–H and O–H groups in total. The summed E-state index contributed by atoms with van der Waals surface area (Å²) in [5, 5.41) is 3.76. The fourth-order valence-electron chi connectivity index (χ4n) is 2.54. The lowest BCUT2D eigenvalue weighted by Gasteiger charge is -2.20. The van der Waals surface area contributed by atoms with Crippen LogP contribution < -0.4 is 5.32 Å². The van der Waals surface area contributed by atoms with Gasteiger partial charge in [-0.25, -0.2) is 9.97 Å². The minimum Gasteiger partial charge on any atom is -0.381 e. The third kappa shape index (κ3) is 4.44. The average Bonchev–Trinajstić information content (AvgIpc) is 3.14. The number of rotatable bonds is 5. The van der Waals surface area contributed by atoms with Gasteiger partial charge in [-0.3, -0.25) is 0 Å². The lowest BCUT2D eigenvalue weighted by atomic mass is 9.99. The first-order valence-electron chi connectivity index (χ1n) is 7.35. The molecule has 0 aromatic carbocycles. The molecule has 0 radical (unpaired) electrons. The molecule has 0 unspecified atom stereocenters. The average molecular weight is 346 g/mol. The summed E-state index contributed by atoms with van der Waals surface area (Å²) in [6.07, 6.45) is 2.26. The van der Waals surface area contributed by atoms with Crippen molar-refractivity contribution in [3.8, 4) is 0 Å². The van der Waals surface area contributed by atoms with E-state index in [2.05, 4.69) is 15.3 Å². The Morgan fingerprint density at radius 1 is 1.30 bits per heavy atom. The first-order valence-corrected chi connectivity index (χ1v) is 8.17. The maximum atomic E-state index is 12.5. The molecule has 0 amide bonds. The summed E-state index contributed by atoms with van der Waals surface area (Å²) in [4.78, 5) is 9.46. The van der Waals surface area contributed by atoms with E-state index in [1.54, 1.807) is 11.3 Å². The summed E-state index contributed by atoms with van der Waals surface area (Å²) in [6, 6.07) is 0. The van der Waals surface area contributed by atoms with Gasteiger partial charge >= 0.3 is 6.18 Å². The van der Waals surface area contributed by atoms with Crippen LogP contribution in [-0.2, 0) is 17.8 Å². The molecule has 2 aromatic heterocycles. The highest BCUT2D eigenvalue weighted by molar-refractivity contribution is 7.15. The molecule has 1 aliphatic heterocycles. The van der Waals surface area contributed by atoms with Crippen LogP contribution in [0.5, 0.6) is 0 Å². The summed E-state index contributed by atoms with van der Waals surface area (Å²) in [7, 11) is 0. The van der Waals surface area contributed by atoms with Gasteiger partial charge in [0.1, 0.15) is 12.4 Å². The second-order valence-electron chi connectivity index (χ2n) is 5.39. The Bertz CT molecular complexity index is 634. The normalized spacial score (nSPS) is 16.7. The highest BCUT2D eigenvalue weighted by Gasteiger charge is 2.28. The highest BCUT2D eigenvalue weighted by atomic mass is 32.1. The number of alkyl halides is 3. The van der Waals surface area contributed by atoms with E-state index in [1.807, 2.05) is 6.20 Å². The molecule has 0 aliphatic carbocycles. The Balaban J connectivity index is 1.59. The predicted molar refractivity (Wildman–Crippen MR) is 80.5 cm³/mol. The van der Waals surface area contributed by atoms with Crippen LogP contribution in [0.25, 0.3) is 0 Å². The van der Waals surface area contributed by atoms with Crippen LogP contribution in [0, 0.1) is 0 Å². The molecule has 3 rings (SSSR count). The molecule has 1 aliphatic rings. The maximum absolute atomic E-state index is 12.5. The minimum absolute atomic E-state index is 0.212. The zero-order valence-corrected chi connectivity index (χ0v) is 13.2. The standard InChI is InChI=1S/C14H17F3N4OS/c15-14(16,17)9-21-4-3-18-12(21)8-20-13-19-7-11(23-13)10-1-5-22-6-2-10/h3-4,7,10H,1-2,5-6,8-9H2,(H,19,20). The molecular weight excluding hydrogens is 329 g/mol. The van der Waals surface area contributed by atoms with Crippen molar-refractivity contribution in [1.82, 2.24) is 14.5 Å². The van der Waals surface area contributed by atoms with E-state index >= 15 is 0 Å². The zero-order valence-electron chi connectivity index (χ0n) is 12.3. The molecule has 0 atom stereocenters. The molecule has 5 nitrogen and oxygen atoms in total. The van der Waals surface area contributed by atoms with Gasteiger partial charge in [0.2, 0.25) is 0 Å². The monoisotopic (exact) mass is 346 g/mol. The summed E-state index contributed by atoms with van der Waals surface area (Å²) in [5.41, 5.74) is 0. The number of hydrogen-bond acceptors (Lipinski definition) is 5. The number of hydrogen-bond donors (Lipinski definition) is 1. The van der Waals surface area contributed by atoms with Crippen molar-refractivity contribution in [2.75, 3.05) is 18.5 Å². The SMILES string of the molecule is FC(F)(F)Cn1ccnc1CNc1ncc(C2CCOCC2)s1. The molecule has 3 heterocycles. The van der Waals surface area contributed by atoms with Gasteiger partial charge in [0.15, 0.2) is 5.13 Å². The van der Waals surface area contributed by atoms with Gasteiger partial charge in [-0.2, -0.15) is 13.2 Å². The summed E-state index contributed by atoms with van der Waals surface area (Å²) >= 11 is 1.54. The Labute approximate surface area is 135 Å². The summed E-state index contributed by atoms with van der Waals surface area (Å²) in [6.45, 7) is 0.708. The molecule has 2 aromatic rings. The molecule has 1 fully saturated rings. The van der Waals surface area contributed by atoms with Crippen LogP contribution >= 0.6 is 11.3 Å². The fraction of sp³-hybridized carbons (Fsp3) is 0.571. The molecule has 1 saturated heterocycles. The third-order valence-corrected chi connectivity index (χ3v) is 4.81. The van der Waals surface area contributed by atoms with E-state index in [4.69, 9.17) is 4.74 Å².